The molecule has 0 unspecified atom stereocenters. The number of ether oxygens (including phenoxy) is 1. The third kappa shape index (κ3) is 5.32. The van der Waals surface area contributed by atoms with Gasteiger partial charge in [-0.15, -0.1) is 11.6 Å². The molecule has 0 aliphatic heterocycles. The number of halogens is 1. The van der Waals surface area contributed by atoms with Gasteiger partial charge in [0.25, 0.3) is 0 Å². The molecule has 0 spiro atoms. The van der Waals surface area contributed by atoms with Gasteiger partial charge in [0.2, 0.25) is 0 Å². The molecule has 0 aromatic heterocycles. The van der Waals surface area contributed by atoms with Crippen molar-refractivity contribution >= 4 is 32.6 Å². The predicted octanol–water partition coefficient (Wildman–Crippen LogP) is 6.08. The van der Waals surface area contributed by atoms with Crippen LogP contribution in [0.3, 0.4) is 0 Å². The highest BCUT2D eigenvalue weighted by Gasteiger charge is 2.15. The quantitative estimate of drug-likeness (QED) is 0.315. The standard InChI is InChI=1S/C25H25ClO3S/c1-29-22-14-10-19(11-15-22)24(9-6-18-26)25(20-7-4-3-5-8-20)21-12-16-23(17-13-21)30(2,27)28/h3-5,7-8,10-17H,6,9,18H2,1-2H3/b25-24+. The molecular formula is C25H25ClO3S. The van der Waals surface area contributed by atoms with E-state index >= 15 is 0 Å². The van der Waals surface area contributed by atoms with Crippen molar-refractivity contribution in [1.82, 2.24) is 0 Å². The molecule has 156 valence electrons. The molecule has 30 heavy (non-hydrogen) atoms. The van der Waals surface area contributed by atoms with Crippen molar-refractivity contribution in [2.24, 2.45) is 0 Å². The fourth-order valence-corrected chi connectivity index (χ4v) is 4.20. The van der Waals surface area contributed by atoms with Crippen LogP contribution in [0.1, 0.15) is 29.5 Å². The van der Waals surface area contributed by atoms with E-state index in [9.17, 15) is 8.42 Å². The zero-order valence-electron chi connectivity index (χ0n) is 17.1. The van der Waals surface area contributed by atoms with Crippen molar-refractivity contribution in [3.8, 4) is 5.75 Å². The molecule has 5 heteroatoms. The van der Waals surface area contributed by atoms with E-state index < -0.39 is 9.84 Å². The lowest BCUT2D eigenvalue weighted by molar-refractivity contribution is 0.415. The molecule has 3 aromatic carbocycles. The summed E-state index contributed by atoms with van der Waals surface area (Å²) in [7, 11) is -1.60. The normalized spacial score (nSPS) is 12.4. The molecule has 0 bridgehead atoms. The van der Waals surface area contributed by atoms with Gasteiger partial charge in [-0.25, -0.2) is 8.42 Å². The predicted molar refractivity (Wildman–Crippen MR) is 125 cm³/mol. The molecule has 0 fully saturated rings. The SMILES string of the molecule is COc1ccc(/C(CCCCl)=C(\c2ccccc2)c2ccc(S(C)(=O)=O)cc2)cc1. The van der Waals surface area contributed by atoms with Gasteiger partial charge in [0.15, 0.2) is 9.84 Å². The molecule has 0 atom stereocenters. The number of benzene rings is 3. The maximum atomic E-state index is 11.9. The minimum absolute atomic E-state index is 0.311. The Labute approximate surface area is 183 Å². The average molecular weight is 441 g/mol. The Kier molecular flexibility index (Phi) is 7.35. The summed E-state index contributed by atoms with van der Waals surface area (Å²) in [6.45, 7) is 0. The Balaban J connectivity index is 2.23. The van der Waals surface area contributed by atoms with Crippen LogP contribution in [-0.2, 0) is 9.84 Å². The first kappa shape index (κ1) is 22.1. The Morgan fingerprint density at radius 1 is 0.833 bits per heavy atom. The first-order chi connectivity index (χ1) is 14.4. The van der Waals surface area contributed by atoms with E-state index in [1.165, 1.54) is 6.26 Å². The van der Waals surface area contributed by atoms with Crippen LogP contribution in [-0.4, -0.2) is 27.7 Å². The molecule has 0 heterocycles. The smallest absolute Gasteiger partial charge is 0.175 e. The van der Waals surface area contributed by atoms with E-state index in [0.29, 0.717) is 10.8 Å². The van der Waals surface area contributed by atoms with Crippen LogP contribution in [0.15, 0.2) is 83.8 Å². The lowest BCUT2D eigenvalue weighted by atomic mass is 9.87. The summed E-state index contributed by atoms with van der Waals surface area (Å²) in [6.07, 6.45) is 2.85. The highest BCUT2D eigenvalue weighted by molar-refractivity contribution is 7.90. The van der Waals surface area contributed by atoms with Crippen LogP contribution in [0.2, 0.25) is 0 Å². The maximum Gasteiger partial charge on any atom is 0.175 e. The molecule has 0 radical (unpaired) electrons. The Morgan fingerprint density at radius 3 is 1.93 bits per heavy atom. The Bertz CT molecular complexity index is 1100. The van der Waals surface area contributed by atoms with Crippen molar-refractivity contribution in [1.29, 1.82) is 0 Å². The van der Waals surface area contributed by atoms with E-state index in [1.54, 1.807) is 19.2 Å². The lowest BCUT2D eigenvalue weighted by Gasteiger charge is -2.18. The molecule has 0 amide bonds. The van der Waals surface area contributed by atoms with Crippen LogP contribution in [0.25, 0.3) is 11.1 Å². The van der Waals surface area contributed by atoms with E-state index in [2.05, 4.69) is 24.3 Å². The molecular weight excluding hydrogens is 416 g/mol. The van der Waals surface area contributed by atoms with Gasteiger partial charge in [0.05, 0.1) is 12.0 Å². The minimum Gasteiger partial charge on any atom is -0.497 e. The first-order valence-electron chi connectivity index (χ1n) is 9.73. The third-order valence-corrected chi connectivity index (χ3v) is 6.33. The summed E-state index contributed by atoms with van der Waals surface area (Å²) in [5, 5.41) is 0. The minimum atomic E-state index is -3.25. The average Bonchev–Trinajstić information content (AvgIpc) is 2.77. The fraction of sp³-hybridized carbons (Fsp3) is 0.200. The molecule has 0 saturated carbocycles. The molecule has 0 saturated heterocycles. The van der Waals surface area contributed by atoms with Gasteiger partial charge in [-0.05, 0) is 64.9 Å². The Morgan fingerprint density at radius 2 is 1.40 bits per heavy atom. The van der Waals surface area contributed by atoms with E-state index in [4.69, 9.17) is 16.3 Å². The second-order valence-corrected chi connectivity index (χ2v) is 9.43. The van der Waals surface area contributed by atoms with E-state index in [0.717, 1.165) is 46.4 Å². The third-order valence-electron chi connectivity index (χ3n) is 4.93. The van der Waals surface area contributed by atoms with E-state index in [-0.39, 0.29) is 0 Å². The molecule has 3 rings (SSSR count). The molecule has 0 aliphatic rings. The summed E-state index contributed by atoms with van der Waals surface area (Å²) < 4.78 is 29.1. The highest BCUT2D eigenvalue weighted by Crippen LogP contribution is 2.36. The Hall–Kier alpha value is -2.56. The number of sulfone groups is 1. The monoisotopic (exact) mass is 440 g/mol. The zero-order chi connectivity index (χ0) is 21.6. The van der Waals surface area contributed by atoms with Gasteiger partial charge in [0, 0.05) is 12.1 Å². The largest absolute Gasteiger partial charge is 0.497 e. The lowest BCUT2D eigenvalue weighted by Crippen LogP contribution is -1.99. The summed E-state index contributed by atoms with van der Waals surface area (Å²) in [5.74, 6) is 1.36. The number of hydrogen-bond acceptors (Lipinski definition) is 3. The van der Waals surface area contributed by atoms with Crippen LogP contribution in [0.5, 0.6) is 5.75 Å². The summed E-state index contributed by atoms with van der Waals surface area (Å²) in [5.41, 5.74) is 5.37. The van der Waals surface area contributed by atoms with Gasteiger partial charge < -0.3 is 4.74 Å². The van der Waals surface area contributed by atoms with Crippen molar-refractivity contribution < 1.29 is 13.2 Å². The van der Waals surface area contributed by atoms with Crippen molar-refractivity contribution in [3.63, 3.8) is 0 Å². The number of hydrogen-bond donors (Lipinski definition) is 0. The first-order valence-corrected chi connectivity index (χ1v) is 12.2. The van der Waals surface area contributed by atoms with Gasteiger partial charge in [-0.3, -0.25) is 0 Å². The van der Waals surface area contributed by atoms with Crippen molar-refractivity contribution in [2.75, 3.05) is 19.2 Å². The van der Waals surface area contributed by atoms with Gasteiger partial charge >= 0.3 is 0 Å². The van der Waals surface area contributed by atoms with Gasteiger partial charge in [-0.1, -0.05) is 54.6 Å². The maximum absolute atomic E-state index is 11.9. The molecule has 3 aromatic rings. The molecule has 0 N–H and O–H groups in total. The summed E-state index contributed by atoms with van der Waals surface area (Å²) in [4.78, 5) is 0.311. The number of alkyl halides is 1. The molecule has 0 aliphatic carbocycles. The second kappa shape index (κ2) is 9.96. The number of rotatable bonds is 8. The van der Waals surface area contributed by atoms with Crippen LogP contribution in [0.4, 0.5) is 0 Å². The van der Waals surface area contributed by atoms with E-state index in [1.807, 2.05) is 42.5 Å². The van der Waals surface area contributed by atoms with Gasteiger partial charge in [0.1, 0.15) is 5.75 Å². The van der Waals surface area contributed by atoms with Gasteiger partial charge in [-0.2, -0.15) is 0 Å². The van der Waals surface area contributed by atoms with Crippen molar-refractivity contribution in [3.05, 3.63) is 95.6 Å². The highest BCUT2D eigenvalue weighted by atomic mass is 35.5. The topological polar surface area (TPSA) is 43.4 Å². The van der Waals surface area contributed by atoms with Crippen LogP contribution >= 0.6 is 11.6 Å². The van der Waals surface area contributed by atoms with Crippen LogP contribution < -0.4 is 4.74 Å². The molecule has 3 nitrogen and oxygen atoms in total. The number of methoxy groups -OCH3 is 1. The van der Waals surface area contributed by atoms with Crippen LogP contribution in [0, 0.1) is 0 Å². The zero-order valence-corrected chi connectivity index (χ0v) is 18.7. The second-order valence-electron chi connectivity index (χ2n) is 7.04. The number of allylic oxidation sites excluding steroid dienone is 1. The fourth-order valence-electron chi connectivity index (χ4n) is 3.44. The summed E-state index contributed by atoms with van der Waals surface area (Å²) >= 11 is 6.04. The summed E-state index contributed by atoms with van der Waals surface area (Å²) in [6, 6.07) is 25.2. The van der Waals surface area contributed by atoms with Crippen molar-refractivity contribution in [2.45, 2.75) is 17.7 Å².